The van der Waals surface area contributed by atoms with Crippen molar-refractivity contribution in [1.29, 1.82) is 0 Å². The van der Waals surface area contributed by atoms with Crippen LogP contribution in [0.3, 0.4) is 0 Å². The van der Waals surface area contributed by atoms with Gasteiger partial charge in [-0.15, -0.1) is 0 Å². The lowest BCUT2D eigenvalue weighted by Crippen LogP contribution is -3.14. The number of nitrogens with zero attached hydrogens (tertiary/aromatic N) is 1. The van der Waals surface area contributed by atoms with Crippen LogP contribution in [0.5, 0.6) is 0 Å². The van der Waals surface area contributed by atoms with E-state index in [1.807, 2.05) is 60.7 Å². The smallest absolute Gasteiger partial charge is 0.317 e. The second-order valence-electron chi connectivity index (χ2n) is 7.11. The SMILES string of the molecule is O=C1NC(c2ccccc2)(c2ccccc2)C(=O)N1C[NH+]1CCCCC1. The van der Waals surface area contributed by atoms with Crippen molar-refractivity contribution >= 4 is 11.9 Å². The summed E-state index contributed by atoms with van der Waals surface area (Å²) in [6.07, 6.45) is 3.55. The molecule has 26 heavy (non-hydrogen) atoms. The van der Waals surface area contributed by atoms with Gasteiger partial charge in [0, 0.05) is 0 Å². The van der Waals surface area contributed by atoms with E-state index in [4.69, 9.17) is 0 Å². The quantitative estimate of drug-likeness (QED) is 0.822. The van der Waals surface area contributed by atoms with Gasteiger partial charge in [-0.2, -0.15) is 0 Å². The normalized spacial score (nSPS) is 20.2. The van der Waals surface area contributed by atoms with Gasteiger partial charge in [0.2, 0.25) is 0 Å². The molecule has 0 aromatic heterocycles. The third kappa shape index (κ3) is 2.78. The summed E-state index contributed by atoms with van der Waals surface area (Å²) in [5.41, 5.74) is 0.441. The Hall–Kier alpha value is -2.66. The molecule has 0 bridgehead atoms. The van der Waals surface area contributed by atoms with Gasteiger partial charge in [0.15, 0.2) is 12.2 Å². The predicted molar refractivity (Wildman–Crippen MR) is 98.5 cm³/mol. The highest BCUT2D eigenvalue weighted by Gasteiger charge is 2.54. The predicted octanol–water partition coefficient (Wildman–Crippen LogP) is 1.51. The van der Waals surface area contributed by atoms with Crippen molar-refractivity contribution in [3.63, 3.8) is 0 Å². The summed E-state index contributed by atoms with van der Waals surface area (Å²) >= 11 is 0. The number of hydrogen-bond donors (Lipinski definition) is 2. The highest BCUT2D eigenvalue weighted by atomic mass is 16.2. The van der Waals surface area contributed by atoms with E-state index in [1.165, 1.54) is 16.2 Å². The van der Waals surface area contributed by atoms with Crippen LogP contribution in [0.15, 0.2) is 60.7 Å². The van der Waals surface area contributed by atoms with E-state index in [-0.39, 0.29) is 11.9 Å². The third-order valence-corrected chi connectivity index (χ3v) is 5.46. The Bertz CT molecular complexity index is 746. The Balaban J connectivity index is 1.73. The van der Waals surface area contributed by atoms with Gasteiger partial charge in [-0.05, 0) is 30.4 Å². The van der Waals surface area contributed by atoms with Crippen LogP contribution in [0.2, 0.25) is 0 Å². The number of imide groups is 1. The lowest BCUT2D eigenvalue weighted by Gasteiger charge is -2.29. The lowest BCUT2D eigenvalue weighted by molar-refractivity contribution is -0.912. The zero-order valence-corrected chi connectivity index (χ0v) is 14.8. The van der Waals surface area contributed by atoms with E-state index < -0.39 is 5.54 Å². The van der Waals surface area contributed by atoms with Crippen LogP contribution in [0.1, 0.15) is 30.4 Å². The first-order valence-corrected chi connectivity index (χ1v) is 9.30. The maximum atomic E-state index is 13.5. The van der Waals surface area contributed by atoms with Gasteiger partial charge in [0.1, 0.15) is 0 Å². The van der Waals surface area contributed by atoms with Crippen LogP contribution in [0.4, 0.5) is 4.79 Å². The fourth-order valence-electron chi connectivity index (χ4n) is 4.09. The van der Waals surface area contributed by atoms with Gasteiger partial charge in [-0.3, -0.25) is 4.79 Å². The van der Waals surface area contributed by atoms with Crippen LogP contribution in [0, 0.1) is 0 Å². The number of rotatable bonds is 4. The average molecular weight is 350 g/mol. The molecule has 134 valence electrons. The Morgan fingerprint density at radius 1 is 0.846 bits per heavy atom. The molecule has 2 aliphatic rings. The minimum atomic E-state index is -1.14. The van der Waals surface area contributed by atoms with E-state index in [0.29, 0.717) is 6.67 Å². The number of nitrogens with one attached hydrogen (secondary N) is 2. The van der Waals surface area contributed by atoms with E-state index in [1.54, 1.807) is 0 Å². The van der Waals surface area contributed by atoms with Crippen molar-refractivity contribution in [2.24, 2.45) is 0 Å². The highest BCUT2D eigenvalue weighted by molar-refractivity contribution is 6.09. The first kappa shape index (κ1) is 16.8. The molecule has 4 rings (SSSR count). The van der Waals surface area contributed by atoms with Crippen LogP contribution in [-0.2, 0) is 10.3 Å². The van der Waals surface area contributed by atoms with Crippen LogP contribution in [0.25, 0.3) is 0 Å². The van der Waals surface area contributed by atoms with Crippen molar-refractivity contribution in [2.45, 2.75) is 24.8 Å². The van der Waals surface area contributed by atoms with Gasteiger partial charge in [-0.1, -0.05) is 60.7 Å². The zero-order chi connectivity index (χ0) is 18.0. The number of piperidine rings is 1. The minimum absolute atomic E-state index is 0.182. The fraction of sp³-hybridized carbons (Fsp3) is 0.333. The molecule has 2 fully saturated rings. The minimum Gasteiger partial charge on any atom is -0.317 e. The Labute approximate surface area is 153 Å². The molecule has 2 aromatic rings. The number of likely N-dealkylation sites (tertiary alicyclic amines) is 1. The van der Waals surface area contributed by atoms with Crippen molar-refractivity contribution in [3.8, 4) is 0 Å². The Morgan fingerprint density at radius 2 is 1.38 bits per heavy atom. The largest absolute Gasteiger partial charge is 0.330 e. The maximum absolute atomic E-state index is 13.5. The number of urea groups is 1. The molecule has 0 atom stereocenters. The summed E-state index contributed by atoms with van der Waals surface area (Å²) < 4.78 is 0. The average Bonchev–Trinajstić information content (AvgIpc) is 2.96. The highest BCUT2D eigenvalue weighted by Crippen LogP contribution is 2.35. The molecular formula is C21H24N3O2+. The molecule has 2 aromatic carbocycles. The van der Waals surface area contributed by atoms with Gasteiger partial charge in [0.05, 0.1) is 13.1 Å². The molecule has 2 N–H and O–H groups in total. The maximum Gasteiger partial charge on any atom is 0.330 e. The summed E-state index contributed by atoms with van der Waals surface area (Å²) in [6, 6.07) is 18.8. The molecule has 5 nitrogen and oxygen atoms in total. The van der Waals surface area contributed by atoms with Gasteiger partial charge in [-0.25, -0.2) is 9.69 Å². The summed E-state index contributed by atoms with van der Waals surface area (Å²) in [7, 11) is 0. The topological polar surface area (TPSA) is 53.9 Å². The molecule has 2 saturated heterocycles. The molecular weight excluding hydrogens is 326 g/mol. The number of quaternary nitrogens is 1. The van der Waals surface area contributed by atoms with E-state index in [0.717, 1.165) is 37.1 Å². The standard InChI is InChI=1S/C21H23N3O2/c25-19-21(17-10-4-1-5-11-17,18-12-6-2-7-13-18)22-20(26)24(19)16-23-14-8-3-9-15-23/h1-2,4-7,10-13H,3,8-9,14-16H2,(H,22,26)/p+1. The zero-order valence-electron chi connectivity index (χ0n) is 14.8. The number of amides is 3. The molecule has 2 heterocycles. The van der Waals surface area contributed by atoms with Crippen LogP contribution >= 0.6 is 0 Å². The first-order chi connectivity index (χ1) is 12.7. The third-order valence-electron chi connectivity index (χ3n) is 5.46. The van der Waals surface area contributed by atoms with Crippen molar-refractivity contribution < 1.29 is 14.5 Å². The first-order valence-electron chi connectivity index (χ1n) is 9.30. The monoisotopic (exact) mass is 350 g/mol. The molecule has 3 amide bonds. The summed E-state index contributed by atoms with van der Waals surface area (Å²) in [5, 5.41) is 3.01. The second kappa shape index (κ2) is 6.92. The molecule has 2 aliphatic heterocycles. The Kier molecular flexibility index (Phi) is 4.47. The van der Waals surface area contributed by atoms with Gasteiger partial charge in [0.25, 0.3) is 5.91 Å². The summed E-state index contributed by atoms with van der Waals surface area (Å²) in [4.78, 5) is 29.0. The van der Waals surface area contributed by atoms with E-state index >= 15 is 0 Å². The molecule has 5 heteroatoms. The molecule has 0 aliphatic carbocycles. The fourth-order valence-corrected chi connectivity index (χ4v) is 4.09. The van der Waals surface area contributed by atoms with E-state index in [2.05, 4.69) is 5.32 Å². The van der Waals surface area contributed by atoms with Gasteiger partial charge >= 0.3 is 6.03 Å². The van der Waals surface area contributed by atoms with Crippen LogP contribution in [-0.4, -0.2) is 36.6 Å². The van der Waals surface area contributed by atoms with Crippen LogP contribution < -0.4 is 10.2 Å². The number of benzene rings is 2. The number of carbonyl (C=O) groups is 2. The number of hydrogen-bond acceptors (Lipinski definition) is 2. The molecule has 0 unspecified atom stereocenters. The second-order valence-corrected chi connectivity index (χ2v) is 7.11. The summed E-state index contributed by atoms with van der Waals surface area (Å²) in [6.45, 7) is 2.47. The summed E-state index contributed by atoms with van der Waals surface area (Å²) in [5.74, 6) is -0.182. The molecule has 0 spiro atoms. The van der Waals surface area contributed by atoms with Gasteiger partial charge < -0.3 is 10.2 Å². The Morgan fingerprint density at radius 3 is 1.92 bits per heavy atom. The molecule has 0 saturated carbocycles. The van der Waals surface area contributed by atoms with E-state index in [9.17, 15) is 9.59 Å². The number of carbonyl (C=O) groups excluding carboxylic acids is 2. The van der Waals surface area contributed by atoms with Crippen molar-refractivity contribution in [3.05, 3.63) is 71.8 Å². The lowest BCUT2D eigenvalue weighted by atomic mass is 9.83. The molecule has 0 radical (unpaired) electrons. The van der Waals surface area contributed by atoms with Crippen molar-refractivity contribution in [2.75, 3.05) is 19.8 Å². The van der Waals surface area contributed by atoms with Crippen molar-refractivity contribution in [1.82, 2.24) is 10.2 Å².